The van der Waals surface area contributed by atoms with Gasteiger partial charge in [-0.15, -0.1) is 5.10 Å². The zero-order valence-corrected chi connectivity index (χ0v) is 18.1. The van der Waals surface area contributed by atoms with E-state index in [2.05, 4.69) is 15.5 Å². The maximum absolute atomic E-state index is 9.71. The first-order chi connectivity index (χ1) is 14.0. The Hall–Kier alpha value is -2.26. The molecule has 8 nitrogen and oxygen atoms in total. The molecule has 29 heavy (non-hydrogen) atoms. The first-order valence-corrected chi connectivity index (χ1v) is 10.4. The van der Waals surface area contributed by atoms with Gasteiger partial charge in [0.1, 0.15) is 0 Å². The Morgan fingerprint density at radius 3 is 2.62 bits per heavy atom. The van der Waals surface area contributed by atoms with Crippen molar-refractivity contribution in [1.29, 1.82) is 0 Å². The van der Waals surface area contributed by atoms with Crippen LogP contribution in [0.5, 0.6) is 11.5 Å². The summed E-state index contributed by atoms with van der Waals surface area (Å²) in [6, 6.07) is 6.04. The summed E-state index contributed by atoms with van der Waals surface area (Å²) in [6.07, 6.45) is 5.66. The lowest BCUT2D eigenvalue weighted by atomic mass is 9.93. The lowest BCUT2D eigenvalue weighted by molar-refractivity contribution is 0.106. The molecule has 0 bridgehead atoms. The Labute approximate surface area is 176 Å². The van der Waals surface area contributed by atoms with Crippen LogP contribution in [0.1, 0.15) is 50.4 Å². The van der Waals surface area contributed by atoms with Crippen LogP contribution in [0.25, 0.3) is 0 Å². The van der Waals surface area contributed by atoms with Crippen LogP contribution in [-0.2, 0) is 6.42 Å². The number of hydrogen-bond acceptors (Lipinski definition) is 7. The summed E-state index contributed by atoms with van der Waals surface area (Å²) in [4.78, 5) is 2.83. The molecule has 1 aliphatic rings. The van der Waals surface area contributed by atoms with Gasteiger partial charge in [-0.25, -0.2) is 4.68 Å². The van der Waals surface area contributed by atoms with E-state index in [-0.39, 0.29) is 12.1 Å². The van der Waals surface area contributed by atoms with Crippen molar-refractivity contribution in [3.8, 4) is 11.5 Å². The average Bonchev–Trinajstić information content (AvgIpc) is 3.21. The number of aryl methyl sites for hydroxylation is 1. The highest BCUT2D eigenvalue weighted by Crippen LogP contribution is 2.32. The molecule has 0 atom stereocenters. The van der Waals surface area contributed by atoms with Crippen molar-refractivity contribution in [2.75, 3.05) is 26.2 Å². The molecule has 9 heteroatoms. The standard InChI is InChI=1S/C20H29N5O3S/c1-24(15-9-12-17(27-2)18(13-15)28-3)20(29)6-4-5-19-21-22-23-25(19)14-7-10-16(26)11-8-14/h9,12-14,16,26H,4-8,10-11H2,1-3H3. The van der Waals surface area contributed by atoms with Gasteiger partial charge in [0.2, 0.25) is 0 Å². The fourth-order valence-corrected chi connectivity index (χ4v) is 3.96. The maximum Gasteiger partial charge on any atom is 0.162 e. The molecule has 0 radical (unpaired) electrons. The van der Waals surface area contributed by atoms with E-state index in [1.165, 1.54) is 0 Å². The molecular formula is C20H29N5O3S. The highest BCUT2D eigenvalue weighted by molar-refractivity contribution is 7.80. The van der Waals surface area contributed by atoms with Crippen molar-refractivity contribution in [3.05, 3.63) is 24.0 Å². The van der Waals surface area contributed by atoms with Gasteiger partial charge in [-0.1, -0.05) is 12.2 Å². The topological polar surface area (TPSA) is 85.5 Å². The molecule has 158 valence electrons. The highest BCUT2D eigenvalue weighted by atomic mass is 32.1. The number of aliphatic hydroxyl groups is 1. The van der Waals surface area contributed by atoms with Crippen LogP contribution in [-0.4, -0.2) is 57.7 Å². The quantitative estimate of drug-likeness (QED) is 0.654. The van der Waals surface area contributed by atoms with Crippen molar-refractivity contribution in [1.82, 2.24) is 20.2 Å². The van der Waals surface area contributed by atoms with Gasteiger partial charge >= 0.3 is 0 Å². The molecule has 0 unspecified atom stereocenters. The van der Waals surface area contributed by atoms with E-state index in [1.54, 1.807) is 14.2 Å². The van der Waals surface area contributed by atoms with E-state index in [0.717, 1.165) is 61.4 Å². The molecular weight excluding hydrogens is 390 g/mol. The van der Waals surface area contributed by atoms with Crippen LogP contribution in [0.3, 0.4) is 0 Å². The molecule has 0 amide bonds. The Morgan fingerprint density at radius 1 is 1.21 bits per heavy atom. The molecule has 1 aromatic carbocycles. The van der Waals surface area contributed by atoms with Gasteiger partial charge in [0.15, 0.2) is 17.3 Å². The summed E-state index contributed by atoms with van der Waals surface area (Å²) in [6.45, 7) is 0. The number of thiocarbonyl (C=S) groups is 1. The average molecular weight is 420 g/mol. The number of ether oxygens (including phenoxy) is 2. The minimum absolute atomic E-state index is 0.185. The predicted molar refractivity (Wildman–Crippen MR) is 115 cm³/mol. The first kappa shape index (κ1) is 21.4. The SMILES string of the molecule is COc1ccc(N(C)C(=S)CCCc2nnnn2C2CCC(O)CC2)cc1OC. The number of nitrogens with zero attached hydrogens (tertiary/aromatic N) is 5. The second kappa shape index (κ2) is 9.98. The van der Waals surface area contributed by atoms with E-state index >= 15 is 0 Å². The molecule has 0 aliphatic heterocycles. The summed E-state index contributed by atoms with van der Waals surface area (Å²) in [7, 11) is 5.20. The third kappa shape index (κ3) is 5.22. The Kier molecular flexibility index (Phi) is 7.38. The molecule has 1 aliphatic carbocycles. The van der Waals surface area contributed by atoms with E-state index in [0.29, 0.717) is 11.5 Å². The minimum Gasteiger partial charge on any atom is -0.493 e. The number of anilines is 1. The molecule has 1 heterocycles. The van der Waals surface area contributed by atoms with Crippen LogP contribution in [0.15, 0.2) is 18.2 Å². The lowest BCUT2D eigenvalue weighted by Crippen LogP contribution is -2.25. The smallest absolute Gasteiger partial charge is 0.162 e. The van der Waals surface area contributed by atoms with E-state index in [4.69, 9.17) is 21.7 Å². The van der Waals surface area contributed by atoms with Crippen molar-refractivity contribution in [2.45, 2.75) is 57.1 Å². The number of aliphatic hydroxyl groups excluding tert-OH is 1. The monoisotopic (exact) mass is 419 g/mol. The van der Waals surface area contributed by atoms with Crippen molar-refractivity contribution < 1.29 is 14.6 Å². The normalized spacial score (nSPS) is 19.0. The van der Waals surface area contributed by atoms with Crippen LogP contribution in [0.4, 0.5) is 5.69 Å². The number of benzene rings is 1. The van der Waals surface area contributed by atoms with Crippen LogP contribution in [0, 0.1) is 0 Å². The zero-order valence-electron chi connectivity index (χ0n) is 17.2. The third-order valence-electron chi connectivity index (χ3n) is 5.49. The predicted octanol–water partition coefficient (Wildman–Crippen LogP) is 2.95. The Bertz CT molecular complexity index is 820. The van der Waals surface area contributed by atoms with Gasteiger partial charge in [-0.3, -0.25) is 0 Å². The van der Waals surface area contributed by atoms with Gasteiger partial charge in [-0.2, -0.15) is 0 Å². The van der Waals surface area contributed by atoms with Gasteiger partial charge in [0.05, 0.1) is 31.4 Å². The third-order valence-corrected chi connectivity index (χ3v) is 5.97. The molecule has 1 N–H and O–H groups in total. The van der Waals surface area contributed by atoms with Gasteiger partial charge in [-0.05, 0) is 61.1 Å². The van der Waals surface area contributed by atoms with Gasteiger partial charge < -0.3 is 19.5 Å². The minimum atomic E-state index is -0.185. The second-order valence-electron chi connectivity index (χ2n) is 7.35. The van der Waals surface area contributed by atoms with Crippen LogP contribution in [0.2, 0.25) is 0 Å². The number of tetrazole rings is 1. The maximum atomic E-state index is 9.71. The van der Waals surface area contributed by atoms with Crippen molar-refractivity contribution in [3.63, 3.8) is 0 Å². The molecule has 2 aromatic rings. The van der Waals surface area contributed by atoms with Gasteiger partial charge in [0.25, 0.3) is 0 Å². The molecule has 1 aromatic heterocycles. The Morgan fingerprint density at radius 2 is 1.93 bits per heavy atom. The van der Waals surface area contributed by atoms with Crippen LogP contribution >= 0.6 is 12.2 Å². The first-order valence-electron chi connectivity index (χ1n) is 9.97. The van der Waals surface area contributed by atoms with Crippen LogP contribution < -0.4 is 14.4 Å². The number of methoxy groups -OCH3 is 2. The lowest BCUT2D eigenvalue weighted by Gasteiger charge is -2.25. The number of rotatable bonds is 8. The second-order valence-corrected chi connectivity index (χ2v) is 7.82. The fourth-order valence-electron chi connectivity index (χ4n) is 3.71. The summed E-state index contributed by atoms with van der Waals surface area (Å²) in [5, 5.41) is 22.0. The van der Waals surface area contributed by atoms with Crippen molar-refractivity contribution in [2.24, 2.45) is 0 Å². The summed E-state index contributed by atoms with van der Waals surface area (Å²) >= 11 is 5.63. The number of hydrogen-bond donors (Lipinski definition) is 1. The number of aromatic nitrogens is 4. The molecule has 3 rings (SSSR count). The zero-order chi connectivity index (χ0) is 20.8. The summed E-state index contributed by atoms with van der Waals surface area (Å²) in [5.41, 5.74) is 0.957. The van der Waals surface area contributed by atoms with E-state index in [1.807, 2.05) is 34.8 Å². The molecule has 0 saturated heterocycles. The Balaban J connectivity index is 1.55. The molecule has 0 spiro atoms. The fraction of sp³-hybridized carbons (Fsp3) is 0.600. The van der Waals surface area contributed by atoms with Gasteiger partial charge in [0, 0.05) is 25.2 Å². The highest BCUT2D eigenvalue weighted by Gasteiger charge is 2.24. The largest absolute Gasteiger partial charge is 0.493 e. The van der Waals surface area contributed by atoms with Crippen molar-refractivity contribution >= 4 is 22.9 Å². The molecule has 1 saturated carbocycles. The van der Waals surface area contributed by atoms with E-state index < -0.39 is 0 Å². The summed E-state index contributed by atoms with van der Waals surface area (Å²) < 4.78 is 12.6. The summed E-state index contributed by atoms with van der Waals surface area (Å²) in [5.74, 6) is 2.26. The molecule has 1 fully saturated rings. The van der Waals surface area contributed by atoms with E-state index in [9.17, 15) is 5.11 Å².